The third-order valence-electron chi connectivity index (χ3n) is 7.56. The predicted octanol–water partition coefficient (Wildman–Crippen LogP) is 4.61. The molecule has 0 spiro atoms. The maximum absolute atomic E-state index is 14.0. The molecule has 166 valence electrons. The molecular formula is C26H34N2O2S. The Labute approximate surface area is 187 Å². The van der Waals surface area contributed by atoms with Crippen molar-refractivity contribution >= 4 is 9.84 Å². The van der Waals surface area contributed by atoms with Gasteiger partial charge in [-0.15, -0.1) is 0 Å². The molecular weight excluding hydrogens is 404 g/mol. The molecule has 2 aromatic rings. The second-order valence-electron chi connectivity index (χ2n) is 9.42. The maximum Gasteiger partial charge on any atom is 0.165 e. The summed E-state index contributed by atoms with van der Waals surface area (Å²) < 4.78 is 28.0. The zero-order valence-corrected chi connectivity index (χ0v) is 19.1. The van der Waals surface area contributed by atoms with E-state index in [2.05, 4.69) is 34.1 Å². The van der Waals surface area contributed by atoms with Gasteiger partial charge in [-0.05, 0) is 63.0 Å². The summed E-state index contributed by atoms with van der Waals surface area (Å²) in [6.07, 6.45) is 7.16. The predicted molar refractivity (Wildman–Crippen MR) is 126 cm³/mol. The number of hydrogen-bond acceptors (Lipinski definition) is 4. The van der Waals surface area contributed by atoms with Crippen molar-refractivity contribution in [1.29, 1.82) is 0 Å². The highest BCUT2D eigenvalue weighted by Gasteiger charge is 2.62. The molecule has 2 aromatic carbocycles. The van der Waals surface area contributed by atoms with Crippen LogP contribution in [0.2, 0.25) is 0 Å². The fourth-order valence-electron chi connectivity index (χ4n) is 6.11. The first-order valence-corrected chi connectivity index (χ1v) is 13.6. The van der Waals surface area contributed by atoms with E-state index >= 15 is 0 Å². The monoisotopic (exact) mass is 438 g/mol. The molecule has 0 aliphatic carbocycles. The number of hydrogen-bond donors (Lipinski definition) is 0. The van der Waals surface area contributed by atoms with Gasteiger partial charge in [-0.3, -0.25) is 9.80 Å². The van der Waals surface area contributed by atoms with Crippen molar-refractivity contribution in [2.45, 2.75) is 61.1 Å². The molecule has 3 saturated heterocycles. The summed E-state index contributed by atoms with van der Waals surface area (Å²) in [4.78, 5) is 4.98. The van der Waals surface area contributed by atoms with Crippen LogP contribution in [0.1, 0.15) is 60.9 Å². The molecule has 0 aromatic heterocycles. The third-order valence-corrected chi connectivity index (χ3v) is 10.1. The molecule has 3 fully saturated rings. The van der Waals surface area contributed by atoms with Crippen molar-refractivity contribution in [2.75, 3.05) is 26.2 Å². The molecule has 0 saturated carbocycles. The lowest BCUT2D eigenvalue weighted by Gasteiger charge is -2.55. The van der Waals surface area contributed by atoms with Gasteiger partial charge in [0.05, 0.1) is 11.3 Å². The molecule has 3 aliphatic rings. The fraction of sp³-hybridized carbons (Fsp3) is 0.538. The largest absolute Gasteiger partial charge is 0.297 e. The lowest BCUT2D eigenvalue weighted by Crippen LogP contribution is -2.66. The van der Waals surface area contributed by atoms with Crippen molar-refractivity contribution < 1.29 is 8.42 Å². The standard InChI is InChI=1S/C26H34N2O2S/c29-31(30)25(22-15-7-2-8-16-22)24(28-19-11-4-12-20-28)26(31)23(21-13-5-1-6-14-21)27-17-9-3-10-18-27/h1-2,5-8,13-16,23-26H,3-4,9-12,17-20H2/t23-,24-,25+,26+/m1/s1. The molecule has 0 unspecified atom stereocenters. The minimum Gasteiger partial charge on any atom is -0.297 e. The second-order valence-corrected chi connectivity index (χ2v) is 11.7. The number of rotatable bonds is 5. The van der Waals surface area contributed by atoms with Crippen molar-refractivity contribution in [3.05, 3.63) is 71.8 Å². The van der Waals surface area contributed by atoms with Gasteiger partial charge < -0.3 is 0 Å². The Kier molecular flexibility index (Phi) is 6.18. The number of benzene rings is 2. The Bertz CT molecular complexity index is 951. The van der Waals surface area contributed by atoms with Crippen molar-refractivity contribution in [3.8, 4) is 0 Å². The topological polar surface area (TPSA) is 40.6 Å². The van der Waals surface area contributed by atoms with Gasteiger partial charge in [-0.25, -0.2) is 8.42 Å². The van der Waals surface area contributed by atoms with E-state index in [1.165, 1.54) is 25.7 Å². The van der Waals surface area contributed by atoms with Crippen LogP contribution in [-0.2, 0) is 9.84 Å². The number of nitrogens with zero attached hydrogens (tertiary/aromatic N) is 2. The Balaban J connectivity index is 1.58. The van der Waals surface area contributed by atoms with Crippen molar-refractivity contribution in [1.82, 2.24) is 9.80 Å². The number of piperidine rings is 2. The van der Waals surface area contributed by atoms with Crippen LogP contribution in [-0.4, -0.2) is 55.7 Å². The highest BCUT2D eigenvalue weighted by Crippen LogP contribution is 2.52. The smallest absolute Gasteiger partial charge is 0.165 e. The Morgan fingerprint density at radius 3 is 1.87 bits per heavy atom. The van der Waals surface area contributed by atoms with Crippen LogP contribution in [0, 0.1) is 0 Å². The van der Waals surface area contributed by atoms with Crippen LogP contribution in [0.4, 0.5) is 0 Å². The first kappa shape index (κ1) is 21.2. The van der Waals surface area contributed by atoms with Crippen molar-refractivity contribution in [3.63, 3.8) is 0 Å². The molecule has 31 heavy (non-hydrogen) atoms. The lowest BCUT2D eigenvalue weighted by molar-refractivity contribution is 0.0804. The molecule has 0 N–H and O–H groups in total. The summed E-state index contributed by atoms with van der Waals surface area (Å²) >= 11 is 0. The van der Waals surface area contributed by atoms with Crippen LogP contribution in [0.3, 0.4) is 0 Å². The minimum atomic E-state index is -3.29. The summed E-state index contributed by atoms with van der Waals surface area (Å²) in [5.74, 6) is 0. The van der Waals surface area contributed by atoms with Crippen LogP contribution < -0.4 is 0 Å². The summed E-state index contributed by atoms with van der Waals surface area (Å²) in [5, 5.41) is -0.774. The zero-order chi connectivity index (χ0) is 21.3. The third kappa shape index (κ3) is 3.96. The quantitative estimate of drug-likeness (QED) is 0.684. The van der Waals surface area contributed by atoms with Crippen LogP contribution >= 0.6 is 0 Å². The normalized spacial score (nSPS) is 30.4. The Hall–Kier alpha value is -1.69. The summed E-state index contributed by atoms with van der Waals surface area (Å²) in [6.45, 7) is 4.02. The van der Waals surface area contributed by atoms with E-state index in [4.69, 9.17) is 0 Å². The average molecular weight is 439 g/mol. The highest BCUT2D eigenvalue weighted by atomic mass is 32.2. The van der Waals surface area contributed by atoms with Gasteiger partial charge in [-0.2, -0.15) is 0 Å². The lowest BCUT2D eigenvalue weighted by atomic mass is 9.88. The number of sulfone groups is 1. The van der Waals surface area contributed by atoms with E-state index in [1.807, 2.05) is 36.4 Å². The van der Waals surface area contributed by atoms with E-state index in [-0.39, 0.29) is 17.3 Å². The van der Waals surface area contributed by atoms with Crippen molar-refractivity contribution in [2.24, 2.45) is 0 Å². The Morgan fingerprint density at radius 1 is 0.710 bits per heavy atom. The van der Waals surface area contributed by atoms with Gasteiger partial charge in [-0.1, -0.05) is 73.5 Å². The fourth-order valence-corrected chi connectivity index (χ4v) is 8.85. The molecule has 0 radical (unpaired) electrons. The van der Waals surface area contributed by atoms with Gasteiger partial charge >= 0.3 is 0 Å². The van der Waals surface area contributed by atoms with E-state index in [9.17, 15) is 8.42 Å². The molecule has 4 nitrogen and oxygen atoms in total. The summed E-state index contributed by atoms with van der Waals surface area (Å²) in [5.41, 5.74) is 2.12. The van der Waals surface area contributed by atoms with Crippen LogP contribution in [0.15, 0.2) is 60.7 Å². The first-order chi connectivity index (χ1) is 15.2. The molecule has 3 aliphatic heterocycles. The van der Waals surface area contributed by atoms with Gasteiger partial charge in [0.15, 0.2) is 9.84 Å². The zero-order valence-electron chi connectivity index (χ0n) is 18.3. The molecule has 0 amide bonds. The van der Waals surface area contributed by atoms with Gasteiger partial charge in [0.25, 0.3) is 0 Å². The SMILES string of the molecule is O=S1(=O)[C@@H]([C@@H](c2ccccc2)N2CCCCC2)[C@H](N2CCCCC2)[C@@H]1c1ccccc1. The number of likely N-dealkylation sites (tertiary alicyclic amines) is 2. The maximum atomic E-state index is 14.0. The summed E-state index contributed by atoms with van der Waals surface area (Å²) in [6, 6.07) is 20.4. The molecule has 0 bridgehead atoms. The van der Waals surface area contributed by atoms with Crippen LogP contribution in [0.5, 0.6) is 0 Å². The first-order valence-electron chi connectivity index (χ1n) is 12.0. The Morgan fingerprint density at radius 2 is 1.26 bits per heavy atom. The van der Waals surface area contributed by atoms with E-state index in [0.717, 1.165) is 50.1 Å². The van der Waals surface area contributed by atoms with Gasteiger partial charge in [0.2, 0.25) is 0 Å². The molecule has 5 heteroatoms. The molecule has 4 atom stereocenters. The second kappa shape index (κ2) is 9.05. The van der Waals surface area contributed by atoms with E-state index in [1.54, 1.807) is 0 Å². The highest BCUT2D eigenvalue weighted by molar-refractivity contribution is 7.94. The molecule has 5 rings (SSSR count). The van der Waals surface area contributed by atoms with Crippen LogP contribution in [0.25, 0.3) is 0 Å². The van der Waals surface area contributed by atoms with Gasteiger partial charge in [0.1, 0.15) is 5.25 Å². The van der Waals surface area contributed by atoms with Gasteiger partial charge in [0, 0.05) is 6.04 Å². The summed E-state index contributed by atoms with van der Waals surface area (Å²) in [7, 11) is -3.29. The van der Waals surface area contributed by atoms with E-state index in [0.29, 0.717) is 0 Å². The van der Waals surface area contributed by atoms with E-state index < -0.39 is 15.1 Å². The average Bonchev–Trinajstić information content (AvgIpc) is 2.83. The molecule has 3 heterocycles. The minimum absolute atomic E-state index is 0.0554.